The summed E-state index contributed by atoms with van der Waals surface area (Å²) in [7, 11) is 2.15. The number of hydrogen-bond acceptors (Lipinski definition) is 4. The van der Waals surface area contributed by atoms with Gasteiger partial charge in [-0.1, -0.05) is 0 Å². The lowest BCUT2D eigenvalue weighted by molar-refractivity contribution is -0.110. The quantitative estimate of drug-likeness (QED) is 0.770. The molecule has 4 rings (SSSR count). The zero-order chi connectivity index (χ0) is 19.5. The molecule has 0 spiro atoms. The van der Waals surface area contributed by atoms with Crippen molar-refractivity contribution < 1.29 is 13.9 Å². The van der Waals surface area contributed by atoms with E-state index in [-0.39, 0.29) is 11.7 Å². The standard InChI is InChI=1S/C22H24FN3O2/c1-26-10-2-3-15(13-26)14-28-18-7-5-17(6-8-18)24-12-20-19-11-16(23)4-9-21(19)25-22(20)27/h4-9,11-12,15,24H,2-3,10,13-14H2,1H3,(H,25,27). The van der Waals surface area contributed by atoms with Crippen LogP contribution in [0.25, 0.3) is 5.57 Å². The molecular formula is C22H24FN3O2. The summed E-state index contributed by atoms with van der Waals surface area (Å²) in [6, 6.07) is 11.9. The van der Waals surface area contributed by atoms with Gasteiger partial charge in [-0.15, -0.1) is 0 Å². The van der Waals surface area contributed by atoms with Crippen LogP contribution in [0.3, 0.4) is 0 Å². The summed E-state index contributed by atoms with van der Waals surface area (Å²) in [6.45, 7) is 2.97. The zero-order valence-electron chi connectivity index (χ0n) is 15.9. The van der Waals surface area contributed by atoms with Gasteiger partial charge in [0.1, 0.15) is 11.6 Å². The van der Waals surface area contributed by atoms with Crippen LogP contribution >= 0.6 is 0 Å². The van der Waals surface area contributed by atoms with Crippen molar-refractivity contribution in [3.63, 3.8) is 0 Å². The Bertz CT molecular complexity index is 895. The molecule has 1 saturated heterocycles. The molecule has 0 bridgehead atoms. The third-order valence-corrected chi connectivity index (χ3v) is 5.21. The number of nitrogens with one attached hydrogen (secondary N) is 2. The molecule has 0 radical (unpaired) electrons. The van der Waals surface area contributed by atoms with E-state index >= 15 is 0 Å². The number of fused-ring (bicyclic) bond motifs is 1. The molecule has 6 heteroatoms. The number of carbonyl (C=O) groups excluding carboxylic acids is 1. The van der Waals surface area contributed by atoms with Crippen LogP contribution < -0.4 is 15.4 Å². The van der Waals surface area contributed by atoms with Gasteiger partial charge >= 0.3 is 0 Å². The fourth-order valence-electron chi connectivity index (χ4n) is 3.73. The van der Waals surface area contributed by atoms with Crippen LogP contribution in [0.15, 0.2) is 48.7 Å². The van der Waals surface area contributed by atoms with Crippen molar-refractivity contribution in [2.75, 3.05) is 37.4 Å². The first-order valence-electron chi connectivity index (χ1n) is 9.58. The maximum absolute atomic E-state index is 13.5. The normalized spacial score (nSPS) is 20.7. The molecule has 2 N–H and O–H groups in total. The maximum atomic E-state index is 13.5. The second-order valence-electron chi connectivity index (χ2n) is 7.45. The van der Waals surface area contributed by atoms with Gasteiger partial charge in [-0.25, -0.2) is 4.39 Å². The van der Waals surface area contributed by atoms with Gasteiger partial charge < -0.3 is 20.3 Å². The van der Waals surface area contributed by atoms with Crippen molar-refractivity contribution in [2.45, 2.75) is 12.8 Å². The van der Waals surface area contributed by atoms with E-state index in [1.54, 1.807) is 12.3 Å². The van der Waals surface area contributed by atoms with E-state index in [4.69, 9.17) is 4.74 Å². The van der Waals surface area contributed by atoms with Crippen LogP contribution in [0.2, 0.25) is 0 Å². The molecule has 1 amide bonds. The lowest BCUT2D eigenvalue weighted by Gasteiger charge is -2.29. The Balaban J connectivity index is 1.37. The van der Waals surface area contributed by atoms with Crippen molar-refractivity contribution in [1.82, 2.24) is 4.90 Å². The van der Waals surface area contributed by atoms with E-state index in [1.165, 1.54) is 31.5 Å². The number of nitrogens with zero attached hydrogens (tertiary/aromatic N) is 1. The number of anilines is 2. The van der Waals surface area contributed by atoms with Crippen LogP contribution in [0, 0.1) is 11.7 Å². The SMILES string of the molecule is CN1CCCC(COc2ccc(NC=C3C(=O)Nc4ccc(F)cc43)cc2)C1. The summed E-state index contributed by atoms with van der Waals surface area (Å²) in [5.41, 5.74) is 2.43. The summed E-state index contributed by atoms with van der Waals surface area (Å²) in [5, 5.41) is 5.84. The van der Waals surface area contributed by atoms with Crippen LogP contribution in [-0.4, -0.2) is 37.6 Å². The lowest BCUT2D eigenvalue weighted by atomic mass is 10.00. The van der Waals surface area contributed by atoms with Gasteiger partial charge in [0.05, 0.1) is 12.2 Å². The Labute approximate surface area is 164 Å². The fourth-order valence-corrected chi connectivity index (χ4v) is 3.73. The van der Waals surface area contributed by atoms with E-state index in [0.717, 1.165) is 24.6 Å². The van der Waals surface area contributed by atoms with Crippen LogP contribution in [0.1, 0.15) is 18.4 Å². The van der Waals surface area contributed by atoms with Crippen molar-refractivity contribution in [3.05, 3.63) is 60.0 Å². The van der Waals surface area contributed by atoms with E-state index in [9.17, 15) is 9.18 Å². The molecule has 1 unspecified atom stereocenters. The first kappa shape index (κ1) is 18.5. The topological polar surface area (TPSA) is 53.6 Å². The Morgan fingerprint density at radius 1 is 1.29 bits per heavy atom. The highest BCUT2D eigenvalue weighted by molar-refractivity contribution is 6.31. The molecule has 2 aromatic rings. The maximum Gasteiger partial charge on any atom is 0.257 e. The highest BCUT2D eigenvalue weighted by Crippen LogP contribution is 2.32. The van der Waals surface area contributed by atoms with Gasteiger partial charge in [0.2, 0.25) is 0 Å². The molecule has 0 aromatic heterocycles. The van der Waals surface area contributed by atoms with Gasteiger partial charge in [0.15, 0.2) is 0 Å². The average Bonchev–Trinajstić information content (AvgIpc) is 3.00. The highest BCUT2D eigenvalue weighted by atomic mass is 19.1. The number of ether oxygens (including phenoxy) is 1. The van der Waals surface area contributed by atoms with Gasteiger partial charge in [-0.05, 0) is 68.9 Å². The number of likely N-dealkylation sites (tertiary alicyclic amines) is 1. The molecule has 28 heavy (non-hydrogen) atoms. The summed E-state index contributed by atoms with van der Waals surface area (Å²) in [5.74, 6) is 0.789. The van der Waals surface area contributed by atoms with Crippen LogP contribution in [0.5, 0.6) is 5.75 Å². The third-order valence-electron chi connectivity index (χ3n) is 5.21. The van der Waals surface area contributed by atoms with E-state index in [0.29, 0.717) is 22.7 Å². The number of benzene rings is 2. The van der Waals surface area contributed by atoms with E-state index in [2.05, 4.69) is 22.6 Å². The van der Waals surface area contributed by atoms with Gasteiger partial charge in [0, 0.05) is 35.6 Å². The van der Waals surface area contributed by atoms with Crippen LogP contribution in [0.4, 0.5) is 15.8 Å². The van der Waals surface area contributed by atoms with Gasteiger partial charge in [-0.2, -0.15) is 0 Å². The van der Waals surface area contributed by atoms with E-state index < -0.39 is 0 Å². The van der Waals surface area contributed by atoms with E-state index in [1.807, 2.05) is 24.3 Å². The van der Waals surface area contributed by atoms with Gasteiger partial charge in [-0.3, -0.25) is 4.79 Å². The number of piperidine rings is 1. The number of amides is 1. The average molecular weight is 381 g/mol. The molecule has 0 aliphatic carbocycles. The monoisotopic (exact) mass is 381 g/mol. The predicted molar refractivity (Wildman–Crippen MR) is 109 cm³/mol. The Kier molecular flexibility index (Phi) is 5.30. The van der Waals surface area contributed by atoms with Crippen molar-refractivity contribution in [1.29, 1.82) is 0 Å². The molecule has 2 heterocycles. The summed E-state index contributed by atoms with van der Waals surface area (Å²) in [4.78, 5) is 14.5. The van der Waals surface area contributed by atoms with Crippen molar-refractivity contribution in [2.24, 2.45) is 5.92 Å². The Hall–Kier alpha value is -2.86. The highest BCUT2D eigenvalue weighted by Gasteiger charge is 2.24. The molecule has 2 aliphatic heterocycles. The molecule has 2 aromatic carbocycles. The van der Waals surface area contributed by atoms with Crippen molar-refractivity contribution >= 4 is 22.9 Å². The summed E-state index contributed by atoms with van der Waals surface area (Å²) in [6.07, 6.45) is 4.04. The number of carbonyl (C=O) groups is 1. The number of hydrogen-bond donors (Lipinski definition) is 2. The first-order valence-corrected chi connectivity index (χ1v) is 9.58. The molecule has 2 aliphatic rings. The molecule has 146 valence electrons. The minimum Gasteiger partial charge on any atom is -0.493 e. The molecule has 1 fully saturated rings. The summed E-state index contributed by atoms with van der Waals surface area (Å²) < 4.78 is 19.4. The zero-order valence-corrected chi connectivity index (χ0v) is 15.9. The minimum absolute atomic E-state index is 0.245. The van der Waals surface area contributed by atoms with Crippen molar-refractivity contribution in [3.8, 4) is 5.75 Å². The number of halogens is 1. The Morgan fingerprint density at radius 3 is 2.89 bits per heavy atom. The minimum atomic E-state index is -0.369. The fraction of sp³-hybridized carbons (Fsp3) is 0.318. The largest absolute Gasteiger partial charge is 0.493 e. The Morgan fingerprint density at radius 2 is 2.11 bits per heavy atom. The van der Waals surface area contributed by atoms with Gasteiger partial charge in [0.25, 0.3) is 5.91 Å². The predicted octanol–water partition coefficient (Wildman–Crippen LogP) is 3.95. The lowest BCUT2D eigenvalue weighted by Crippen LogP contribution is -2.34. The third kappa shape index (κ3) is 4.17. The molecule has 0 saturated carbocycles. The number of rotatable bonds is 5. The smallest absolute Gasteiger partial charge is 0.257 e. The van der Waals surface area contributed by atoms with Crippen LogP contribution in [-0.2, 0) is 4.79 Å². The second-order valence-corrected chi connectivity index (χ2v) is 7.45. The molecule has 5 nitrogen and oxygen atoms in total. The second kappa shape index (κ2) is 8.02. The molecular weight excluding hydrogens is 357 g/mol. The molecule has 1 atom stereocenters. The summed E-state index contributed by atoms with van der Waals surface area (Å²) >= 11 is 0. The first-order chi connectivity index (χ1) is 13.6.